The Labute approximate surface area is 124 Å². The third-order valence-electron chi connectivity index (χ3n) is 3.12. The zero-order valence-corrected chi connectivity index (χ0v) is 13.7. The fourth-order valence-corrected chi connectivity index (χ4v) is 2.64. The van der Waals surface area contributed by atoms with E-state index in [-0.39, 0.29) is 12.0 Å². The summed E-state index contributed by atoms with van der Waals surface area (Å²) in [5.41, 5.74) is 0.00537. The van der Waals surface area contributed by atoms with Gasteiger partial charge in [-0.15, -0.1) is 11.3 Å². The molecule has 0 spiro atoms. The number of anilines is 1. The maximum Gasteiger partial charge on any atom is 0.317 e. The standard InChI is InChI=1S/C14H24N2O3S/c1-6-10(8-18-5)15-13-16-11(9-20-13)14(3,4)12(17)19-7-2/h9-10H,6-8H2,1-5H3,(H,15,16). The molecule has 0 fully saturated rings. The molecule has 1 N–H and O–H groups in total. The number of esters is 1. The van der Waals surface area contributed by atoms with E-state index in [2.05, 4.69) is 17.2 Å². The topological polar surface area (TPSA) is 60.5 Å². The molecule has 0 saturated heterocycles. The predicted molar refractivity (Wildman–Crippen MR) is 81.4 cm³/mol. The van der Waals surface area contributed by atoms with E-state index in [0.717, 1.165) is 17.2 Å². The second-order valence-electron chi connectivity index (χ2n) is 5.09. The monoisotopic (exact) mass is 300 g/mol. The van der Waals surface area contributed by atoms with E-state index in [1.807, 2.05) is 19.2 Å². The Morgan fingerprint density at radius 1 is 1.50 bits per heavy atom. The highest BCUT2D eigenvalue weighted by molar-refractivity contribution is 7.13. The third-order valence-corrected chi connectivity index (χ3v) is 3.89. The molecule has 1 aromatic rings. The first-order chi connectivity index (χ1) is 9.45. The van der Waals surface area contributed by atoms with Crippen LogP contribution in [-0.2, 0) is 19.7 Å². The Morgan fingerprint density at radius 2 is 2.20 bits per heavy atom. The number of nitrogens with one attached hydrogen (secondary N) is 1. The van der Waals surface area contributed by atoms with Crippen molar-refractivity contribution >= 4 is 22.4 Å². The quantitative estimate of drug-likeness (QED) is 0.748. The highest BCUT2D eigenvalue weighted by Gasteiger charge is 2.34. The first-order valence-electron chi connectivity index (χ1n) is 6.84. The van der Waals surface area contributed by atoms with E-state index in [1.165, 1.54) is 11.3 Å². The summed E-state index contributed by atoms with van der Waals surface area (Å²) in [6, 6.07) is 0.227. The average Bonchev–Trinajstić information content (AvgIpc) is 2.87. The first kappa shape index (κ1) is 16.9. The molecule has 0 aliphatic rings. The maximum absolute atomic E-state index is 12.0. The smallest absolute Gasteiger partial charge is 0.317 e. The van der Waals surface area contributed by atoms with Crippen LogP contribution in [0.2, 0.25) is 0 Å². The maximum atomic E-state index is 12.0. The number of ether oxygens (including phenoxy) is 2. The molecule has 1 aromatic heterocycles. The van der Waals surface area contributed by atoms with Gasteiger partial charge >= 0.3 is 5.97 Å². The number of hydrogen-bond donors (Lipinski definition) is 1. The van der Waals surface area contributed by atoms with Crippen molar-refractivity contribution in [1.29, 1.82) is 0 Å². The zero-order valence-electron chi connectivity index (χ0n) is 12.9. The second-order valence-corrected chi connectivity index (χ2v) is 5.95. The number of carbonyl (C=O) groups is 1. The summed E-state index contributed by atoms with van der Waals surface area (Å²) >= 11 is 1.50. The highest BCUT2D eigenvalue weighted by Crippen LogP contribution is 2.28. The molecule has 0 amide bonds. The number of carbonyl (C=O) groups excluding carboxylic acids is 1. The average molecular weight is 300 g/mol. The van der Waals surface area contributed by atoms with E-state index >= 15 is 0 Å². The minimum atomic E-state index is -0.727. The van der Waals surface area contributed by atoms with E-state index < -0.39 is 5.41 Å². The zero-order chi connectivity index (χ0) is 15.2. The van der Waals surface area contributed by atoms with Crippen LogP contribution < -0.4 is 5.32 Å². The Bertz CT molecular complexity index is 432. The van der Waals surface area contributed by atoms with Gasteiger partial charge in [-0.05, 0) is 27.2 Å². The van der Waals surface area contributed by atoms with Gasteiger partial charge in [-0.3, -0.25) is 4.79 Å². The molecule has 20 heavy (non-hydrogen) atoms. The van der Waals surface area contributed by atoms with Gasteiger partial charge in [-0.25, -0.2) is 4.98 Å². The van der Waals surface area contributed by atoms with Gasteiger partial charge in [-0.1, -0.05) is 6.92 Å². The van der Waals surface area contributed by atoms with Gasteiger partial charge in [0.05, 0.1) is 24.9 Å². The van der Waals surface area contributed by atoms with Gasteiger partial charge < -0.3 is 14.8 Å². The number of hydrogen-bond acceptors (Lipinski definition) is 6. The number of rotatable bonds is 8. The Hall–Kier alpha value is -1.14. The number of thiazole rings is 1. The summed E-state index contributed by atoms with van der Waals surface area (Å²) in [6.07, 6.45) is 0.948. The molecule has 114 valence electrons. The van der Waals surface area contributed by atoms with Crippen LogP contribution in [0.25, 0.3) is 0 Å². The summed E-state index contributed by atoms with van der Waals surface area (Å²) in [6.45, 7) is 8.56. The molecule has 0 bridgehead atoms. The van der Waals surface area contributed by atoms with Crippen LogP contribution in [0.3, 0.4) is 0 Å². The van der Waals surface area contributed by atoms with E-state index in [0.29, 0.717) is 13.2 Å². The highest BCUT2D eigenvalue weighted by atomic mass is 32.1. The second kappa shape index (κ2) is 7.59. The van der Waals surface area contributed by atoms with Crippen LogP contribution >= 0.6 is 11.3 Å². The van der Waals surface area contributed by atoms with Crippen molar-refractivity contribution in [2.45, 2.75) is 45.6 Å². The normalized spacial score (nSPS) is 13.1. The van der Waals surface area contributed by atoms with Crippen molar-refractivity contribution in [2.24, 2.45) is 0 Å². The third kappa shape index (κ3) is 4.18. The lowest BCUT2D eigenvalue weighted by Gasteiger charge is -2.20. The molecule has 1 heterocycles. The molecule has 0 aromatic carbocycles. The molecule has 1 atom stereocenters. The fourth-order valence-electron chi connectivity index (χ4n) is 1.68. The van der Waals surface area contributed by atoms with Crippen molar-refractivity contribution in [3.05, 3.63) is 11.1 Å². The molecule has 0 aliphatic heterocycles. The van der Waals surface area contributed by atoms with Crippen LogP contribution in [0.15, 0.2) is 5.38 Å². The molecule has 1 rings (SSSR count). The van der Waals surface area contributed by atoms with Gasteiger partial charge in [-0.2, -0.15) is 0 Å². The van der Waals surface area contributed by atoms with Gasteiger partial charge in [0.1, 0.15) is 5.41 Å². The summed E-state index contributed by atoms with van der Waals surface area (Å²) in [4.78, 5) is 16.5. The van der Waals surface area contributed by atoms with Crippen LogP contribution in [0.5, 0.6) is 0 Å². The SMILES string of the molecule is CCOC(=O)C(C)(C)c1csc(NC(CC)COC)n1. The van der Waals surface area contributed by atoms with Crippen LogP contribution in [0.4, 0.5) is 5.13 Å². The van der Waals surface area contributed by atoms with Crippen molar-refractivity contribution in [1.82, 2.24) is 4.98 Å². The van der Waals surface area contributed by atoms with E-state index in [9.17, 15) is 4.79 Å². The van der Waals surface area contributed by atoms with Crippen LogP contribution in [0, 0.1) is 0 Å². The summed E-state index contributed by atoms with van der Waals surface area (Å²) < 4.78 is 10.2. The van der Waals surface area contributed by atoms with Gasteiger partial charge in [0.15, 0.2) is 5.13 Å². The first-order valence-corrected chi connectivity index (χ1v) is 7.72. The van der Waals surface area contributed by atoms with Crippen LogP contribution in [-0.4, -0.2) is 37.3 Å². The fraction of sp³-hybridized carbons (Fsp3) is 0.714. The number of nitrogens with zero attached hydrogens (tertiary/aromatic N) is 1. The molecule has 0 radical (unpaired) electrons. The lowest BCUT2D eigenvalue weighted by atomic mass is 9.90. The Kier molecular flexibility index (Phi) is 6.42. The lowest BCUT2D eigenvalue weighted by molar-refractivity contribution is -0.148. The van der Waals surface area contributed by atoms with Gasteiger partial charge in [0, 0.05) is 12.5 Å². The molecule has 0 aliphatic carbocycles. The number of aromatic nitrogens is 1. The molecular formula is C14H24N2O3S. The van der Waals surface area contributed by atoms with E-state index in [4.69, 9.17) is 9.47 Å². The van der Waals surface area contributed by atoms with Gasteiger partial charge in [0.25, 0.3) is 0 Å². The molecule has 6 heteroatoms. The summed E-state index contributed by atoms with van der Waals surface area (Å²) in [5.74, 6) is -0.249. The minimum Gasteiger partial charge on any atom is -0.465 e. The van der Waals surface area contributed by atoms with Crippen molar-refractivity contribution in [3.63, 3.8) is 0 Å². The van der Waals surface area contributed by atoms with Gasteiger partial charge in [0.2, 0.25) is 0 Å². The van der Waals surface area contributed by atoms with E-state index in [1.54, 1.807) is 14.0 Å². The largest absolute Gasteiger partial charge is 0.465 e. The summed E-state index contributed by atoms with van der Waals surface area (Å²) in [7, 11) is 1.68. The summed E-state index contributed by atoms with van der Waals surface area (Å²) in [5, 5.41) is 6.03. The molecule has 1 unspecified atom stereocenters. The Balaban J connectivity index is 2.78. The van der Waals surface area contributed by atoms with Crippen molar-refractivity contribution in [2.75, 3.05) is 25.6 Å². The molecule has 5 nitrogen and oxygen atoms in total. The number of methoxy groups -OCH3 is 1. The van der Waals surface area contributed by atoms with Crippen molar-refractivity contribution in [3.8, 4) is 0 Å². The van der Waals surface area contributed by atoms with Crippen molar-refractivity contribution < 1.29 is 14.3 Å². The molecular weight excluding hydrogens is 276 g/mol. The Morgan fingerprint density at radius 3 is 2.75 bits per heavy atom. The molecule has 0 saturated carbocycles. The van der Waals surface area contributed by atoms with Crippen LogP contribution in [0.1, 0.15) is 39.8 Å². The lowest BCUT2D eigenvalue weighted by Crippen LogP contribution is -2.31. The predicted octanol–water partition coefficient (Wildman–Crippen LogP) is 2.82. The minimum absolute atomic E-state index is 0.227.